The second kappa shape index (κ2) is 64.6. The van der Waals surface area contributed by atoms with Gasteiger partial charge in [0, 0.05) is 19.3 Å². The SMILES string of the molecule is CC/C=C\C/C=C\C/C=C\C/C=C\C/C=C\CCCC(=O)OC(COC(=O)CCCCCCC/C=C\CCCCCC)COC(=O)CCCCCCCCCCCCCCCC/C=C\C/C=C\C/C=C\CCCCCCC. The molecule has 0 saturated carbocycles. The first-order valence-electron chi connectivity index (χ1n) is 32.4. The van der Waals surface area contributed by atoms with E-state index in [1.54, 1.807) is 0 Å². The number of hydrogen-bond donors (Lipinski definition) is 0. The van der Waals surface area contributed by atoms with E-state index in [0.717, 1.165) is 103 Å². The zero-order chi connectivity index (χ0) is 55.7. The van der Waals surface area contributed by atoms with E-state index >= 15 is 0 Å². The third kappa shape index (κ3) is 62.8. The van der Waals surface area contributed by atoms with E-state index < -0.39 is 6.10 Å². The summed E-state index contributed by atoms with van der Waals surface area (Å²) in [6.45, 7) is 6.46. The molecule has 0 rings (SSSR count). The van der Waals surface area contributed by atoms with Crippen molar-refractivity contribution in [1.82, 2.24) is 0 Å². The Balaban J connectivity index is 4.31. The van der Waals surface area contributed by atoms with Crippen LogP contribution in [-0.2, 0) is 28.6 Å². The standard InChI is InChI=1S/C71H120O6/c1-4-7-10-13-16-19-22-25-27-29-30-31-32-33-34-35-36-37-38-39-40-42-43-46-49-52-55-58-61-64-70(73)76-67-68(66-75-69(72)63-60-57-54-51-48-45-24-21-18-15-12-9-6-3)77-71(74)65-62-59-56-53-50-47-44-41-28-26-23-20-17-14-11-8-5-2/h8,11,17,20-22,24-26,28-30,32-33,44,47,53,56,68H,4-7,9-10,12-16,18-19,23,27,31,34-43,45-46,48-52,54-55,57-67H2,1-3H3/b11-8-,20-17-,24-21-,25-22-,28-26-,30-29-,33-32-,47-44-,56-53-. The van der Waals surface area contributed by atoms with Gasteiger partial charge in [-0.1, -0.05) is 271 Å². The Labute approximate surface area is 476 Å². The van der Waals surface area contributed by atoms with Gasteiger partial charge in [0.25, 0.3) is 0 Å². The lowest BCUT2D eigenvalue weighted by molar-refractivity contribution is -0.167. The van der Waals surface area contributed by atoms with Gasteiger partial charge in [0.15, 0.2) is 6.10 Å². The number of ether oxygens (including phenoxy) is 3. The van der Waals surface area contributed by atoms with Crippen LogP contribution < -0.4 is 0 Å². The molecule has 1 unspecified atom stereocenters. The largest absolute Gasteiger partial charge is 0.462 e. The minimum Gasteiger partial charge on any atom is -0.462 e. The van der Waals surface area contributed by atoms with Crippen molar-refractivity contribution in [2.75, 3.05) is 13.2 Å². The second-order valence-corrected chi connectivity index (χ2v) is 21.3. The van der Waals surface area contributed by atoms with Gasteiger partial charge in [-0.05, 0) is 122 Å². The van der Waals surface area contributed by atoms with Crippen LogP contribution in [0.2, 0.25) is 0 Å². The van der Waals surface area contributed by atoms with Crippen LogP contribution in [-0.4, -0.2) is 37.2 Å². The van der Waals surface area contributed by atoms with Crippen molar-refractivity contribution < 1.29 is 28.6 Å². The third-order valence-corrected chi connectivity index (χ3v) is 13.7. The molecule has 440 valence electrons. The quantitative estimate of drug-likeness (QED) is 0.0261. The molecular weight excluding hydrogens is 949 g/mol. The zero-order valence-electron chi connectivity index (χ0n) is 50.4. The molecule has 0 heterocycles. The highest BCUT2D eigenvalue weighted by Gasteiger charge is 2.19. The molecule has 0 aromatic heterocycles. The first-order chi connectivity index (χ1) is 38.0. The minimum absolute atomic E-state index is 0.103. The summed E-state index contributed by atoms with van der Waals surface area (Å²) in [7, 11) is 0. The number of unbranched alkanes of at least 4 members (excludes halogenated alkanes) is 29. The lowest BCUT2D eigenvalue weighted by atomic mass is 10.0. The molecule has 0 aromatic rings. The van der Waals surface area contributed by atoms with Gasteiger partial charge in [-0.25, -0.2) is 0 Å². The Morgan fingerprint density at radius 1 is 0.273 bits per heavy atom. The highest BCUT2D eigenvalue weighted by atomic mass is 16.6. The van der Waals surface area contributed by atoms with Crippen LogP contribution in [0.25, 0.3) is 0 Å². The normalized spacial score (nSPS) is 12.8. The molecule has 0 spiro atoms. The molecule has 6 nitrogen and oxygen atoms in total. The number of esters is 3. The van der Waals surface area contributed by atoms with E-state index in [9.17, 15) is 14.4 Å². The lowest BCUT2D eigenvalue weighted by Crippen LogP contribution is -2.30. The van der Waals surface area contributed by atoms with Crippen molar-refractivity contribution in [3.05, 3.63) is 109 Å². The fourth-order valence-electron chi connectivity index (χ4n) is 8.89. The predicted octanol–water partition coefficient (Wildman–Crippen LogP) is 22.2. The molecule has 0 aliphatic carbocycles. The summed E-state index contributed by atoms with van der Waals surface area (Å²) in [6.07, 6.45) is 88.2. The number of rotatable bonds is 58. The minimum atomic E-state index is -0.813. The topological polar surface area (TPSA) is 78.9 Å². The van der Waals surface area contributed by atoms with Crippen molar-refractivity contribution in [3.63, 3.8) is 0 Å². The van der Waals surface area contributed by atoms with E-state index in [1.807, 2.05) is 0 Å². The summed E-state index contributed by atoms with van der Waals surface area (Å²) < 4.78 is 16.8. The van der Waals surface area contributed by atoms with Crippen LogP contribution in [0.4, 0.5) is 0 Å². The molecule has 0 fully saturated rings. The number of allylic oxidation sites excluding steroid dienone is 18. The van der Waals surface area contributed by atoms with Crippen LogP contribution in [0.3, 0.4) is 0 Å². The number of hydrogen-bond acceptors (Lipinski definition) is 6. The molecule has 0 aromatic carbocycles. The summed E-state index contributed by atoms with van der Waals surface area (Å²) in [4.78, 5) is 38.2. The third-order valence-electron chi connectivity index (χ3n) is 13.7. The van der Waals surface area contributed by atoms with Crippen LogP contribution >= 0.6 is 0 Å². The van der Waals surface area contributed by atoms with Crippen LogP contribution in [0.1, 0.15) is 303 Å². The highest BCUT2D eigenvalue weighted by Crippen LogP contribution is 2.16. The van der Waals surface area contributed by atoms with Crippen molar-refractivity contribution in [2.45, 2.75) is 309 Å². The molecule has 0 radical (unpaired) electrons. The van der Waals surface area contributed by atoms with Crippen LogP contribution in [0, 0.1) is 0 Å². The maximum atomic E-state index is 12.9. The first-order valence-corrected chi connectivity index (χ1v) is 32.4. The zero-order valence-corrected chi connectivity index (χ0v) is 50.4. The lowest BCUT2D eigenvalue weighted by Gasteiger charge is -2.18. The van der Waals surface area contributed by atoms with E-state index in [4.69, 9.17) is 14.2 Å². The van der Waals surface area contributed by atoms with Crippen LogP contribution in [0.5, 0.6) is 0 Å². The molecule has 0 bridgehead atoms. The van der Waals surface area contributed by atoms with E-state index in [2.05, 4.69) is 130 Å². The maximum absolute atomic E-state index is 12.9. The fourth-order valence-corrected chi connectivity index (χ4v) is 8.89. The summed E-state index contributed by atoms with van der Waals surface area (Å²) in [5, 5.41) is 0. The van der Waals surface area contributed by atoms with Gasteiger partial charge >= 0.3 is 17.9 Å². The molecule has 0 aliphatic rings. The molecule has 77 heavy (non-hydrogen) atoms. The maximum Gasteiger partial charge on any atom is 0.306 e. The Kier molecular flexibility index (Phi) is 61.3. The average Bonchev–Trinajstić information content (AvgIpc) is 3.43. The van der Waals surface area contributed by atoms with Crippen molar-refractivity contribution in [3.8, 4) is 0 Å². The van der Waals surface area contributed by atoms with Gasteiger partial charge in [0.05, 0.1) is 0 Å². The Bertz CT molecular complexity index is 1560. The van der Waals surface area contributed by atoms with Crippen molar-refractivity contribution in [1.29, 1.82) is 0 Å². The van der Waals surface area contributed by atoms with Crippen LogP contribution in [0.15, 0.2) is 109 Å². The second-order valence-electron chi connectivity index (χ2n) is 21.3. The molecule has 0 aliphatic heterocycles. The highest BCUT2D eigenvalue weighted by molar-refractivity contribution is 5.71. The smallest absolute Gasteiger partial charge is 0.306 e. The average molecular weight is 1070 g/mol. The molecular formula is C71H120O6. The van der Waals surface area contributed by atoms with Gasteiger partial charge in [-0.3, -0.25) is 14.4 Å². The summed E-state index contributed by atoms with van der Waals surface area (Å²) >= 11 is 0. The van der Waals surface area contributed by atoms with Gasteiger partial charge in [0.2, 0.25) is 0 Å². The molecule has 1 atom stereocenters. The van der Waals surface area contributed by atoms with Gasteiger partial charge in [0.1, 0.15) is 13.2 Å². The van der Waals surface area contributed by atoms with Gasteiger partial charge in [-0.15, -0.1) is 0 Å². The fraction of sp³-hybridized carbons (Fsp3) is 0.704. The molecule has 0 saturated heterocycles. The summed E-state index contributed by atoms with van der Waals surface area (Å²) in [5.74, 6) is -0.966. The van der Waals surface area contributed by atoms with E-state index in [-0.39, 0.29) is 37.5 Å². The van der Waals surface area contributed by atoms with Crippen molar-refractivity contribution in [2.24, 2.45) is 0 Å². The first kappa shape index (κ1) is 73.1. The Morgan fingerprint density at radius 3 is 0.857 bits per heavy atom. The van der Waals surface area contributed by atoms with Gasteiger partial charge in [-0.2, -0.15) is 0 Å². The molecule has 6 heteroatoms. The van der Waals surface area contributed by atoms with Crippen molar-refractivity contribution >= 4 is 17.9 Å². The van der Waals surface area contributed by atoms with E-state index in [0.29, 0.717) is 19.3 Å². The number of carbonyl (C=O) groups excluding carboxylic acids is 3. The van der Waals surface area contributed by atoms with E-state index in [1.165, 1.54) is 154 Å². The predicted molar refractivity (Wildman–Crippen MR) is 334 cm³/mol. The summed E-state index contributed by atoms with van der Waals surface area (Å²) in [5.41, 5.74) is 0. The molecule has 0 amide bonds. The monoisotopic (exact) mass is 1070 g/mol. The summed E-state index contributed by atoms with van der Waals surface area (Å²) in [6, 6.07) is 0. The Hall–Kier alpha value is -3.93. The van der Waals surface area contributed by atoms with Gasteiger partial charge < -0.3 is 14.2 Å². The molecule has 0 N–H and O–H groups in total. The number of carbonyl (C=O) groups is 3. The Morgan fingerprint density at radius 2 is 0.519 bits per heavy atom.